The van der Waals surface area contributed by atoms with Gasteiger partial charge in [-0.1, -0.05) is 60.7 Å². The van der Waals surface area contributed by atoms with Gasteiger partial charge >= 0.3 is 0 Å². The number of hydrogen-bond acceptors (Lipinski definition) is 2. The minimum absolute atomic E-state index is 0.337. The fourth-order valence-electron chi connectivity index (χ4n) is 3.59. The van der Waals surface area contributed by atoms with E-state index in [9.17, 15) is 5.26 Å². The molecule has 3 nitrogen and oxygen atoms in total. The first kappa shape index (κ1) is 14.8. The summed E-state index contributed by atoms with van der Waals surface area (Å²) in [7, 11) is 2.17. The minimum Gasteiger partial charge on any atom is -0.368 e. The number of quaternary nitrogens is 1. The van der Waals surface area contributed by atoms with Crippen LogP contribution in [0.3, 0.4) is 0 Å². The SMILES string of the molecule is C[N+]1(CC#N)CCOCC1(c1ccccc1)c1ccccc1. The van der Waals surface area contributed by atoms with Crippen LogP contribution in [0.4, 0.5) is 0 Å². The first-order valence-electron chi connectivity index (χ1n) is 7.63. The van der Waals surface area contributed by atoms with Crippen molar-refractivity contribution in [2.45, 2.75) is 5.54 Å². The average Bonchev–Trinajstić information content (AvgIpc) is 2.57. The molecule has 1 unspecified atom stereocenters. The van der Waals surface area contributed by atoms with Crippen molar-refractivity contribution in [1.82, 2.24) is 0 Å². The predicted molar refractivity (Wildman–Crippen MR) is 86.0 cm³/mol. The van der Waals surface area contributed by atoms with Crippen molar-refractivity contribution in [3.8, 4) is 6.07 Å². The zero-order valence-electron chi connectivity index (χ0n) is 12.9. The van der Waals surface area contributed by atoms with Crippen molar-refractivity contribution < 1.29 is 9.22 Å². The third-order valence-electron chi connectivity index (χ3n) is 4.88. The van der Waals surface area contributed by atoms with E-state index in [-0.39, 0.29) is 5.54 Å². The Morgan fingerprint density at radius 1 is 1.05 bits per heavy atom. The molecule has 0 amide bonds. The van der Waals surface area contributed by atoms with E-state index in [0.717, 1.165) is 6.54 Å². The highest BCUT2D eigenvalue weighted by atomic mass is 16.5. The molecule has 112 valence electrons. The van der Waals surface area contributed by atoms with Crippen molar-refractivity contribution in [1.29, 1.82) is 5.26 Å². The molecule has 0 bridgehead atoms. The van der Waals surface area contributed by atoms with Gasteiger partial charge in [-0.25, -0.2) is 0 Å². The summed E-state index contributed by atoms with van der Waals surface area (Å²) in [5.41, 5.74) is 2.08. The highest BCUT2D eigenvalue weighted by molar-refractivity contribution is 5.37. The van der Waals surface area contributed by atoms with Crippen LogP contribution >= 0.6 is 0 Å². The fourth-order valence-corrected chi connectivity index (χ4v) is 3.59. The lowest BCUT2D eigenvalue weighted by Crippen LogP contribution is -2.66. The van der Waals surface area contributed by atoms with Crippen molar-refractivity contribution in [2.75, 3.05) is 33.4 Å². The average molecular weight is 293 g/mol. The highest BCUT2D eigenvalue weighted by Gasteiger charge is 2.53. The number of rotatable bonds is 3. The second kappa shape index (κ2) is 5.92. The lowest BCUT2D eigenvalue weighted by atomic mass is 9.79. The van der Waals surface area contributed by atoms with Gasteiger partial charge in [0.05, 0.1) is 13.7 Å². The Balaban J connectivity index is 2.25. The second-order valence-corrected chi connectivity index (χ2v) is 6.08. The fraction of sp³-hybridized carbons (Fsp3) is 0.316. The van der Waals surface area contributed by atoms with E-state index in [1.165, 1.54) is 11.1 Å². The highest BCUT2D eigenvalue weighted by Crippen LogP contribution is 2.42. The zero-order valence-corrected chi connectivity index (χ0v) is 12.9. The topological polar surface area (TPSA) is 33.0 Å². The molecule has 0 radical (unpaired) electrons. The van der Waals surface area contributed by atoms with Gasteiger partial charge in [-0.15, -0.1) is 0 Å². The Kier molecular flexibility index (Phi) is 3.98. The molecular weight excluding hydrogens is 272 g/mol. The Morgan fingerprint density at radius 3 is 2.09 bits per heavy atom. The Bertz CT molecular complexity index is 623. The van der Waals surface area contributed by atoms with Gasteiger partial charge in [0.2, 0.25) is 0 Å². The van der Waals surface area contributed by atoms with Crippen LogP contribution in [0, 0.1) is 11.3 Å². The first-order chi connectivity index (χ1) is 10.7. The van der Waals surface area contributed by atoms with Crippen molar-refractivity contribution in [2.24, 2.45) is 0 Å². The molecule has 0 aliphatic carbocycles. The van der Waals surface area contributed by atoms with Crippen LogP contribution in [0.5, 0.6) is 0 Å². The summed E-state index contributed by atoms with van der Waals surface area (Å²) in [6.45, 7) is 2.59. The normalized spacial score (nSPS) is 23.6. The maximum Gasteiger partial charge on any atom is 0.175 e. The summed E-state index contributed by atoms with van der Waals surface area (Å²) >= 11 is 0. The molecule has 3 rings (SSSR count). The minimum atomic E-state index is -0.337. The van der Waals surface area contributed by atoms with E-state index in [2.05, 4.69) is 61.6 Å². The molecule has 1 saturated heterocycles. The molecular formula is C19H21N2O+. The number of benzene rings is 2. The van der Waals surface area contributed by atoms with Crippen LogP contribution in [0.25, 0.3) is 0 Å². The van der Waals surface area contributed by atoms with Gasteiger partial charge in [0, 0.05) is 11.1 Å². The maximum atomic E-state index is 9.40. The summed E-state index contributed by atoms with van der Waals surface area (Å²) < 4.78 is 6.56. The quantitative estimate of drug-likeness (QED) is 0.644. The Labute approximate surface area is 132 Å². The molecule has 1 aliphatic heterocycles. The van der Waals surface area contributed by atoms with Gasteiger partial charge in [0.25, 0.3) is 0 Å². The van der Waals surface area contributed by atoms with Crippen LogP contribution in [0.2, 0.25) is 0 Å². The summed E-state index contributed by atoms with van der Waals surface area (Å²) in [6.07, 6.45) is 0. The third kappa shape index (κ3) is 2.21. The number of hydrogen-bond donors (Lipinski definition) is 0. The molecule has 22 heavy (non-hydrogen) atoms. The molecule has 0 N–H and O–H groups in total. The molecule has 1 fully saturated rings. The Hall–Kier alpha value is -2.15. The molecule has 0 saturated carbocycles. The number of morpholine rings is 1. The van der Waals surface area contributed by atoms with Gasteiger partial charge in [0.1, 0.15) is 19.2 Å². The number of ether oxygens (including phenoxy) is 1. The molecule has 0 aromatic heterocycles. The van der Waals surface area contributed by atoms with Crippen molar-refractivity contribution >= 4 is 0 Å². The summed E-state index contributed by atoms with van der Waals surface area (Å²) in [5.74, 6) is 0. The lowest BCUT2D eigenvalue weighted by molar-refractivity contribution is -0.963. The van der Waals surface area contributed by atoms with Gasteiger partial charge in [-0.05, 0) is 0 Å². The van der Waals surface area contributed by atoms with E-state index >= 15 is 0 Å². The van der Waals surface area contributed by atoms with Crippen LogP contribution in [0.15, 0.2) is 60.7 Å². The smallest absolute Gasteiger partial charge is 0.175 e. The standard InChI is InChI=1S/C19H21N2O/c1-21(13-12-20)14-15-22-16-19(21,17-8-4-2-5-9-17)18-10-6-3-7-11-18/h2-11H,13-16H2,1H3/q+1. The van der Waals surface area contributed by atoms with E-state index < -0.39 is 0 Å². The Morgan fingerprint density at radius 2 is 1.59 bits per heavy atom. The van der Waals surface area contributed by atoms with E-state index in [0.29, 0.717) is 24.2 Å². The van der Waals surface area contributed by atoms with E-state index in [1.54, 1.807) is 0 Å². The van der Waals surface area contributed by atoms with Crippen molar-refractivity contribution in [3.05, 3.63) is 71.8 Å². The van der Waals surface area contributed by atoms with Crippen LogP contribution in [0.1, 0.15) is 11.1 Å². The van der Waals surface area contributed by atoms with Crippen LogP contribution in [-0.2, 0) is 10.3 Å². The molecule has 2 aromatic rings. The van der Waals surface area contributed by atoms with Gasteiger partial charge in [0.15, 0.2) is 12.1 Å². The van der Waals surface area contributed by atoms with Gasteiger partial charge in [-0.3, -0.25) is 4.48 Å². The zero-order chi connectivity index (χ0) is 15.5. The van der Waals surface area contributed by atoms with E-state index in [1.807, 2.05) is 12.1 Å². The first-order valence-corrected chi connectivity index (χ1v) is 7.63. The molecule has 0 spiro atoms. The number of likely N-dealkylation sites (N-methyl/N-ethyl adjacent to an activating group) is 1. The monoisotopic (exact) mass is 293 g/mol. The molecule has 2 aromatic carbocycles. The maximum absolute atomic E-state index is 9.40. The largest absolute Gasteiger partial charge is 0.368 e. The second-order valence-electron chi connectivity index (χ2n) is 6.08. The molecule has 3 heteroatoms. The van der Waals surface area contributed by atoms with Crippen LogP contribution in [-0.4, -0.2) is 37.8 Å². The van der Waals surface area contributed by atoms with Crippen LogP contribution < -0.4 is 0 Å². The van der Waals surface area contributed by atoms with Gasteiger partial charge in [-0.2, -0.15) is 5.26 Å². The van der Waals surface area contributed by atoms with E-state index in [4.69, 9.17) is 4.74 Å². The number of nitrogens with zero attached hydrogens (tertiary/aromatic N) is 2. The predicted octanol–water partition coefficient (Wildman–Crippen LogP) is 2.93. The van der Waals surface area contributed by atoms with Crippen molar-refractivity contribution in [3.63, 3.8) is 0 Å². The number of nitriles is 1. The third-order valence-corrected chi connectivity index (χ3v) is 4.88. The molecule has 1 atom stereocenters. The van der Waals surface area contributed by atoms with Gasteiger partial charge < -0.3 is 4.74 Å². The molecule has 1 aliphatic rings. The summed E-state index contributed by atoms with van der Waals surface area (Å²) in [4.78, 5) is 0. The lowest BCUT2D eigenvalue weighted by Gasteiger charge is -2.52. The molecule has 1 heterocycles. The summed E-state index contributed by atoms with van der Waals surface area (Å²) in [6, 6.07) is 23.3. The summed E-state index contributed by atoms with van der Waals surface area (Å²) in [5, 5.41) is 9.40.